The molecule has 8 heteroatoms. The number of amides is 2. The second kappa shape index (κ2) is 10.2. The number of halogens is 1. The van der Waals surface area contributed by atoms with Crippen molar-refractivity contribution < 1.29 is 19.1 Å². The van der Waals surface area contributed by atoms with E-state index in [2.05, 4.69) is 15.4 Å². The van der Waals surface area contributed by atoms with Crippen molar-refractivity contribution in [3.05, 3.63) is 34.9 Å². The van der Waals surface area contributed by atoms with Crippen molar-refractivity contribution in [3.63, 3.8) is 0 Å². The van der Waals surface area contributed by atoms with Crippen molar-refractivity contribution in [2.45, 2.75) is 25.4 Å². The average molecular weight is 373 g/mol. The summed E-state index contributed by atoms with van der Waals surface area (Å²) in [4.78, 5) is 36.1. The number of ether oxygens (including phenoxy) is 1. The number of rotatable bonds is 8. The Bertz CT molecular complexity index is 597. The molecule has 0 heterocycles. The van der Waals surface area contributed by atoms with Crippen molar-refractivity contribution in [2.24, 2.45) is 0 Å². The van der Waals surface area contributed by atoms with Crippen LogP contribution in [0.4, 0.5) is 0 Å². The second-order valence-electron chi connectivity index (χ2n) is 5.04. The Morgan fingerprint density at radius 1 is 1.25 bits per heavy atom. The Kier molecular flexibility index (Phi) is 8.63. The maximum absolute atomic E-state index is 12.2. The van der Waals surface area contributed by atoms with E-state index >= 15 is 0 Å². The molecule has 0 aliphatic carbocycles. The first-order valence-electron chi connectivity index (χ1n) is 7.33. The fourth-order valence-corrected chi connectivity index (χ4v) is 2.60. The molecule has 0 aliphatic heterocycles. The standard InChI is InChI=1S/C16H21ClN2O4S/c1-10(18-15(21)11-6-4-5-7-12(11)17)14(20)19-13(8-9-24-3)16(22)23-2/h4-7,10,13H,8-9H2,1-3H3,(H,18,21)(H,19,20)/t10-,13-/m0/s1. The molecule has 0 radical (unpaired) electrons. The van der Waals surface area contributed by atoms with Crippen LogP contribution in [0.2, 0.25) is 5.02 Å². The minimum Gasteiger partial charge on any atom is -0.467 e. The predicted octanol–water partition coefficient (Wildman–Crippen LogP) is 1.87. The van der Waals surface area contributed by atoms with Gasteiger partial charge in [-0.25, -0.2) is 4.79 Å². The number of nitrogens with one attached hydrogen (secondary N) is 2. The molecule has 0 aromatic heterocycles. The van der Waals surface area contributed by atoms with Gasteiger partial charge in [0, 0.05) is 0 Å². The van der Waals surface area contributed by atoms with Crippen LogP contribution < -0.4 is 10.6 Å². The lowest BCUT2D eigenvalue weighted by molar-refractivity contribution is -0.145. The van der Waals surface area contributed by atoms with Gasteiger partial charge in [-0.2, -0.15) is 11.8 Å². The lowest BCUT2D eigenvalue weighted by Crippen LogP contribution is -2.50. The van der Waals surface area contributed by atoms with Gasteiger partial charge in [-0.15, -0.1) is 0 Å². The molecule has 0 fully saturated rings. The van der Waals surface area contributed by atoms with Gasteiger partial charge < -0.3 is 15.4 Å². The molecule has 0 unspecified atom stereocenters. The maximum Gasteiger partial charge on any atom is 0.328 e. The summed E-state index contributed by atoms with van der Waals surface area (Å²) in [5.74, 6) is -0.739. The van der Waals surface area contributed by atoms with Crippen molar-refractivity contribution >= 4 is 41.1 Å². The second-order valence-corrected chi connectivity index (χ2v) is 6.43. The lowest BCUT2D eigenvalue weighted by atomic mass is 10.1. The molecular weight excluding hydrogens is 352 g/mol. The fourth-order valence-electron chi connectivity index (χ4n) is 1.91. The van der Waals surface area contributed by atoms with Crippen LogP contribution in [0.15, 0.2) is 24.3 Å². The fraction of sp³-hybridized carbons (Fsp3) is 0.438. The first kappa shape index (κ1) is 20.3. The van der Waals surface area contributed by atoms with Gasteiger partial charge in [0.1, 0.15) is 12.1 Å². The molecule has 2 amide bonds. The lowest BCUT2D eigenvalue weighted by Gasteiger charge is -2.20. The van der Waals surface area contributed by atoms with E-state index in [1.165, 1.54) is 14.0 Å². The molecule has 0 saturated heterocycles. The van der Waals surface area contributed by atoms with Crippen LogP contribution in [0.5, 0.6) is 0 Å². The SMILES string of the molecule is COC(=O)[C@H](CCSC)NC(=O)[C@H](C)NC(=O)c1ccccc1Cl. The summed E-state index contributed by atoms with van der Waals surface area (Å²) < 4.78 is 4.69. The highest BCUT2D eigenvalue weighted by atomic mass is 35.5. The van der Waals surface area contributed by atoms with Gasteiger partial charge in [0.15, 0.2) is 0 Å². The number of carbonyl (C=O) groups is 3. The van der Waals surface area contributed by atoms with Gasteiger partial charge in [0.05, 0.1) is 17.7 Å². The van der Waals surface area contributed by atoms with Crippen LogP contribution in [0.25, 0.3) is 0 Å². The van der Waals surface area contributed by atoms with Crippen molar-refractivity contribution in [1.82, 2.24) is 10.6 Å². The van der Waals surface area contributed by atoms with Crippen LogP contribution in [-0.4, -0.2) is 49.0 Å². The van der Waals surface area contributed by atoms with Crippen LogP contribution in [0.1, 0.15) is 23.7 Å². The summed E-state index contributed by atoms with van der Waals surface area (Å²) in [6, 6.07) is 4.99. The minimum absolute atomic E-state index is 0.283. The molecule has 0 spiro atoms. The summed E-state index contributed by atoms with van der Waals surface area (Å²) in [7, 11) is 1.27. The number of hydrogen-bond donors (Lipinski definition) is 2. The van der Waals surface area contributed by atoms with Crippen molar-refractivity contribution in [1.29, 1.82) is 0 Å². The number of thioether (sulfide) groups is 1. The number of hydrogen-bond acceptors (Lipinski definition) is 5. The normalized spacial score (nSPS) is 12.8. The first-order valence-corrected chi connectivity index (χ1v) is 9.10. The summed E-state index contributed by atoms with van der Waals surface area (Å²) in [5.41, 5.74) is 0.283. The Morgan fingerprint density at radius 3 is 2.50 bits per heavy atom. The van der Waals surface area contributed by atoms with Crippen LogP contribution in [-0.2, 0) is 14.3 Å². The van der Waals surface area contributed by atoms with E-state index in [1.54, 1.807) is 36.0 Å². The molecule has 0 aliphatic rings. The number of methoxy groups -OCH3 is 1. The zero-order valence-corrected chi connectivity index (χ0v) is 15.4. The van der Waals surface area contributed by atoms with Crippen molar-refractivity contribution in [2.75, 3.05) is 19.1 Å². The average Bonchev–Trinajstić information content (AvgIpc) is 2.57. The van der Waals surface area contributed by atoms with Crippen LogP contribution in [0.3, 0.4) is 0 Å². The van der Waals surface area contributed by atoms with E-state index in [9.17, 15) is 14.4 Å². The Labute approximate surface area is 150 Å². The maximum atomic E-state index is 12.2. The molecule has 0 bridgehead atoms. The van der Waals surface area contributed by atoms with Gasteiger partial charge in [-0.05, 0) is 37.5 Å². The Morgan fingerprint density at radius 2 is 1.92 bits per heavy atom. The van der Waals surface area contributed by atoms with Gasteiger partial charge in [0.2, 0.25) is 5.91 Å². The minimum atomic E-state index is -0.824. The summed E-state index contributed by atoms with van der Waals surface area (Å²) in [6.07, 6.45) is 2.35. The third-order valence-corrected chi connectivity index (χ3v) is 4.25. The zero-order chi connectivity index (χ0) is 18.1. The number of esters is 1. The summed E-state index contributed by atoms with van der Waals surface area (Å²) >= 11 is 7.52. The molecule has 24 heavy (non-hydrogen) atoms. The molecule has 1 rings (SSSR count). The molecule has 132 valence electrons. The number of carbonyl (C=O) groups excluding carboxylic acids is 3. The van der Waals surface area contributed by atoms with E-state index < -0.39 is 29.9 Å². The molecule has 6 nitrogen and oxygen atoms in total. The zero-order valence-electron chi connectivity index (χ0n) is 13.8. The third-order valence-electron chi connectivity index (χ3n) is 3.27. The highest BCUT2D eigenvalue weighted by Crippen LogP contribution is 2.14. The molecular formula is C16H21ClN2O4S. The highest BCUT2D eigenvalue weighted by molar-refractivity contribution is 7.98. The molecule has 1 aromatic rings. The summed E-state index contributed by atoms with van der Waals surface area (Å²) in [6.45, 7) is 1.53. The van der Waals surface area contributed by atoms with Gasteiger partial charge in [-0.1, -0.05) is 23.7 Å². The van der Waals surface area contributed by atoms with Gasteiger partial charge in [0.25, 0.3) is 5.91 Å². The predicted molar refractivity (Wildman–Crippen MR) is 95.3 cm³/mol. The smallest absolute Gasteiger partial charge is 0.328 e. The topological polar surface area (TPSA) is 84.5 Å². The monoisotopic (exact) mass is 372 g/mol. The van der Waals surface area contributed by atoms with E-state index in [0.29, 0.717) is 17.2 Å². The largest absolute Gasteiger partial charge is 0.467 e. The van der Waals surface area contributed by atoms with Gasteiger partial charge >= 0.3 is 5.97 Å². The molecule has 2 N–H and O–H groups in total. The van der Waals surface area contributed by atoms with Crippen LogP contribution in [0, 0.1) is 0 Å². The van der Waals surface area contributed by atoms with Crippen LogP contribution >= 0.6 is 23.4 Å². The summed E-state index contributed by atoms with van der Waals surface area (Å²) in [5, 5.41) is 5.46. The van der Waals surface area contributed by atoms with E-state index in [1.807, 2.05) is 6.26 Å². The molecule has 1 aromatic carbocycles. The highest BCUT2D eigenvalue weighted by Gasteiger charge is 2.25. The number of benzene rings is 1. The van der Waals surface area contributed by atoms with E-state index in [-0.39, 0.29) is 5.56 Å². The third kappa shape index (κ3) is 6.05. The van der Waals surface area contributed by atoms with E-state index in [0.717, 1.165) is 0 Å². The van der Waals surface area contributed by atoms with Gasteiger partial charge in [-0.3, -0.25) is 9.59 Å². The molecule has 0 saturated carbocycles. The first-order chi connectivity index (χ1) is 11.4. The Balaban J connectivity index is 2.67. The quantitative estimate of drug-likeness (QED) is 0.680. The molecule has 2 atom stereocenters. The van der Waals surface area contributed by atoms with Crippen molar-refractivity contribution in [3.8, 4) is 0 Å². The Hall–Kier alpha value is -1.73. The van der Waals surface area contributed by atoms with E-state index in [4.69, 9.17) is 11.6 Å².